The zero-order valence-electron chi connectivity index (χ0n) is 10.2. The van der Waals surface area contributed by atoms with Crippen LogP contribution in [-0.4, -0.2) is 28.0 Å². The second-order valence-electron chi connectivity index (χ2n) is 4.17. The van der Waals surface area contributed by atoms with Gasteiger partial charge in [0, 0.05) is 18.8 Å². The summed E-state index contributed by atoms with van der Waals surface area (Å²) in [7, 11) is 1.74. The highest BCUT2D eigenvalue weighted by atomic mass is 16.1. The summed E-state index contributed by atoms with van der Waals surface area (Å²) in [5.41, 5.74) is 4.65. The van der Waals surface area contributed by atoms with E-state index in [4.69, 9.17) is 5.73 Å². The predicted molar refractivity (Wildman–Crippen MR) is 62.9 cm³/mol. The molecule has 5 nitrogen and oxygen atoms in total. The molecule has 1 amide bonds. The quantitative estimate of drug-likeness (QED) is 0.730. The third-order valence-corrected chi connectivity index (χ3v) is 2.86. The number of amides is 1. The van der Waals surface area contributed by atoms with Crippen molar-refractivity contribution in [2.45, 2.75) is 38.8 Å². The van der Waals surface area contributed by atoms with Crippen molar-refractivity contribution >= 4 is 5.91 Å². The number of nitrogens with zero attached hydrogens (tertiary/aromatic N) is 2. The molecule has 0 aliphatic carbocycles. The number of aryl methyl sites for hydroxylation is 1. The van der Waals surface area contributed by atoms with E-state index in [0.29, 0.717) is 6.54 Å². The number of aromatic nitrogens is 2. The fourth-order valence-electron chi connectivity index (χ4n) is 1.56. The van der Waals surface area contributed by atoms with E-state index < -0.39 is 5.54 Å². The van der Waals surface area contributed by atoms with Crippen LogP contribution in [0, 0.1) is 0 Å². The van der Waals surface area contributed by atoms with Gasteiger partial charge in [0.25, 0.3) is 0 Å². The molecule has 0 aromatic carbocycles. The van der Waals surface area contributed by atoms with Crippen LogP contribution in [0.3, 0.4) is 0 Å². The first-order chi connectivity index (χ1) is 7.53. The van der Waals surface area contributed by atoms with Gasteiger partial charge in [-0.3, -0.25) is 4.79 Å². The molecule has 1 unspecified atom stereocenters. The molecule has 3 N–H and O–H groups in total. The molecule has 0 bridgehead atoms. The Balaban J connectivity index is 2.85. The lowest BCUT2D eigenvalue weighted by Gasteiger charge is -2.26. The molecule has 0 aliphatic heterocycles. The van der Waals surface area contributed by atoms with Crippen LogP contribution in [-0.2, 0) is 17.8 Å². The normalized spacial score (nSPS) is 14.7. The molecule has 0 spiro atoms. The van der Waals surface area contributed by atoms with Crippen LogP contribution in [0.1, 0.15) is 26.1 Å². The summed E-state index contributed by atoms with van der Waals surface area (Å²) in [5.74, 6) is 0.636. The summed E-state index contributed by atoms with van der Waals surface area (Å²) in [6, 6.07) is 0. The van der Waals surface area contributed by atoms with Gasteiger partial charge in [-0.05, 0) is 20.4 Å². The van der Waals surface area contributed by atoms with Crippen molar-refractivity contribution in [2.24, 2.45) is 5.73 Å². The molecule has 0 aliphatic rings. The van der Waals surface area contributed by atoms with Crippen molar-refractivity contribution < 1.29 is 4.79 Å². The van der Waals surface area contributed by atoms with E-state index in [1.165, 1.54) is 0 Å². The first kappa shape index (κ1) is 12.7. The van der Waals surface area contributed by atoms with Gasteiger partial charge in [0.2, 0.25) is 5.91 Å². The van der Waals surface area contributed by atoms with Gasteiger partial charge < -0.3 is 15.6 Å². The highest BCUT2D eigenvalue weighted by Crippen LogP contribution is 2.10. The zero-order chi connectivity index (χ0) is 12.2. The predicted octanol–water partition coefficient (Wildman–Crippen LogP) is 0.299. The molecule has 1 heterocycles. The van der Waals surface area contributed by atoms with E-state index in [9.17, 15) is 4.79 Å². The number of carbonyl (C=O) groups is 1. The van der Waals surface area contributed by atoms with Crippen LogP contribution in [0.2, 0.25) is 0 Å². The van der Waals surface area contributed by atoms with E-state index in [2.05, 4.69) is 17.2 Å². The monoisotopic (exact) mass is 224 g/mol. The van der Waals surface area contributed by atoms with E-state index in [0.717, 1.165) is 18.7 Å². The SMILES string of the molecule is CCCc1nccn1CC(C)(NC)C(N)=O. The lowest BCUT2D eigenvalue weighted by Crippen LogP contribution is -2.54. The van der Waals surface area contributed by atoms with Crippen LogP contribution in [0.15, 0.2) is 12.4 Å². The first-order valence-electron chi connectivity index (χ1n) is 5.52. The molecule has 1 aromatic rings. The number of rotatable bonds is 6. The number of imidazole rings is 1. The topological polar surface area (TPSA) is 72.9 Å². The maximum Gasteiger partial charge on any atom is 0.239 e. The van der Waals surface area contributed by atoms with Crippen molar-refractivity contribution in [1.29, 1.82) is 0 Å². The lowest BCUT2D eigenvalue weighted by atomic mass is 10.0. The molecule has 0 saturated heterocycles. The molecule has 16 heavy (non-hydrogen) atoms. The Morgan fingerprint density at radius 3 is 2.88 bits per heavy atom. The molecule has 0 fully saturated rings. The summed E-state index contributed by atoms with van der Waals surface area (Å²) in [5, 5.41) is 2.96. The lowest BCUT2D eigenvalue weighted by molar-refractivity contribution is -0.124. The number of hydrogen-bond donors (Lipinski definition) is 2. The van der Waals surface area contributed by atoms with Crippen molar-refractivity contribution in [3.05, 3.63) is 18.2 Å². The summed E-state index contributed by atoms with van der Waals surface area (Å²) < 4.78 is 1.98. The van der Waals surface area contributed by atoms with Crippen LogP contribution in [0.25, 0.3) is 0 Å². The van der Waals surface area contributed by atoms with Crippen LogP contribution >= 0.6 is 0 Å². The van der Waals surface area contributed by atoms with Gasteiger partial charge in [-0.15, -0.1) is 0 Å². The van der Waals surface area contributed by atoms with Gasteiger partial charge in [-0.1, -0.05) is 6.92 Å². The molecule has 1 atom stereocenters. The maximum atomic E-state index is 11.4. The Kier molecular flexibility index (Phi) is 4.06. The average molecular weight is 224 g/mol. The van der Waals surface area contributed by atoms with Gasteiger partial charge in [0.1, 0.15) is 11.4 Å². The molecule has 90 valence electrons. The fourth-order valence-corrected chi connectivity index (χ4v) is 1.56. The third kappa shape index (κ3) is 2.61. The van der Waals surface area contributed by atoms with Crippen LogP contribution in [0.4, 0.5) is 0 Å². The second-order valence-corrected chi connectivity index (χ2v) is 4.17. The van der Waals surface area contributed by atoms with E-state index in [1.807, 2.05) is 10.8 Å². The van der Waals surface area contributed by atoms with E-state index >= 15 is 0 Å². The molecule has 1 rings (SSSR count). The standard InChI is InChI=1S/C11H20N4O/c1-4-5-9-14-6-7-15(9)8-11(2,13-3)10(12)16/h6-7,13H,4-5,8H2,1-3H3,(H2,12,16). The average Bonchev–Trinajstić information content (AvgIpc) is 2.66. The van der Waals surface area contributed by atoms with Crippen molar-refractivity contribution in [2.75, 3.05) is 7.05 Å². The van der Waals surface area contributed by atoms with E-state index in [1.54, 1.807) is 20.2 Å². The van der Waals surface area contributed by atoms with Gasteiger partial charge >= 0.3 is 0 Å². The minimum Gasteiger partial charge on any atom is -0.368 e. The second kappa shape index (κ2) is 5.12. The zero-order valence-corrected chi connectivity index (χ0v) is 10.2. The summed E-state index contributed by atoms with van der Waals surface area (Å²) in [6.07, 6.45) is 5.57. The molecule has 1 aromatic heterocycles. The Morgan fingerprint density at radius 1 is 1.69 bits per heavy atom. The summed E-state index contributed by atoms with van der Waals surface area (Å²) >= 11 is 0. The van der Waals surface area contributed by atoms with Crippen molar-refractivity contribution in [3.63, 3.8) is 0 Å². The first-order valence-corrected chi connectivity index (χ1v) is 5.52. The minimum atomic E-state index is -0.733. The van der Waals surface area contributed by atoms with Gasteiger partial charge in [0.05, 0.1) is 6.54 Å². The molecule has 0 radical (unpaired) electrons. The largest absolute Gasteiger partial charge is 0.368 e. The summed E-state index contributed by atoms with van der Waals surface area (Å²) in [6.45, 7) is 4.41. The minimum absolute atomic E-state index is 0.355. The Morgan fingerprint density at radius 2 is 2.38 bits per heavy atom. The number of hydrogen-bond acceptors (Lipinski definition) is 3. The van der Waals surface area contributed by atoms with Crippen molar-refractivity contribution in [1.82, 2.24) is 14.9 Å². The van der Waals surface area contributed by atoms with Crippen molar-refractivity contribution in [3.8, 4) is 0 Å². The van der Waals surface area contributed by atoms with Gasteiger partial charge in [-0.25, -0.2) is 4.98 Å². The highest BCUT2D eigenvalue weighted by Gasteiger charge is 2.29. The third-order valence-electron chi connectivity index (χ3n) is 2.86. The Bertz CT molecular complexity index is 361. The molecule has 5 heteroatoms. The number of likely N-dealkylation sites (N-methyl/N-ethyl adjacent to an activating group) is 1. The molecule has 0 saturated carbocycles. The maximum absolute atomic E-state index is 11.4. The van der Waals surface area contributed by atoms with Gasteiger partial charge in [0.15, 0.2) is 0 Å². The van der Waals surface area contributed by atoms with Gasteiger partial charge in [-0.2, -0.15) is 0 Å². The fraction of sp³-hybridized carbons (Fsp3) is 0.636. The number of carbonyl (C=O) groups excluding carboxylic acids is 1. The number of primary amides is 1. The molecular formula is C11H20N4O. The Labute approximate surface area is 96.0 Å². The van der Waals surface area contributed by atoms with Crippen LogP contribution < -0.4 is 11.1 Å². The van der Waals surface area contributed by atoms with E-state index in [-0.39, 0.29) is 5.91 Å². The highest BCUT2D eigenvalue weighted by molar-refractivity contribution is 5.84. The van der Waals surface area contributed by atoms with Crippen LogP contribution in [0.5, 0.6) is 0 Å². The number of nitrogens with two attached hydrogens (primary N) is 1. The summed E-state index contributed by atoms with van der Waals surface area (Å²) in [4.78, 5) is 15.6. The Hall–Kier alpha value is -1.36. The smallest absolute Gasteiger partial charge is 0.239 e. The molecular weight excluding hydrogens is 204 g/mol. The number of nitrogens with one attached hydrogen (secondary N) is 1.